The standard InChI is InChI=1S/C8H14N2O2.Pt/c1-3-8(7(11)12-2)4-6(9)5-10-8;/h6,10H,3-5H2,1-2H3;/t6-,8-;/m0./s1. The molecule has 1 aliphatic rings. The molecule has 0 unspecified atom stereocenters. The van der Waals surface area contributed by atoms with E-state index in [1.54, 1.807) is 0 Å². The number of hydrogen-bond donors (Lipinski definition) is 1. The zero-order chi connectivity index (χ0) is 9.90. The molecule has 0 aromatic carbocycles. The van der Waals surface area contributed by atoms with Crippen LogP contribution in [0, 0.1) is 0 Å². The number of hydrogen-bond acceptors (Lipinski definition) is 4. The summed E-state index contributed by atoms with van der Waals surface area (Å²) in [5, 5.41) is 3.20. The predicted molar refractivity (Wildman–Crippen MR) is 43.9 cm³/mol. The van der Waals surface area contributed by atoms with Crippen LogP contribution in [-0.4, -0.2) is 31.2 Å². The van der Waals surface area contributed by atoms with Gasteiger partial charge in [0, 0.05) is 0 Å². The molecular formula is C8H14N2O2Pt. The maximum atomic E-state index is 11.5. The Morgan fingerprint density at radius 1 is 1.85 bits per heavy atom. The van der Waals surface area contributed by atoms with Crippen molar-refractivity contribution in [1.82, 2.24) is 5.32 Å². The molecule has 0 aromatic rings. The first kappa shape index (κ1) is 11.0. The number of methoxy groups -OCH3 is 1. The average Bonchev–Trinajstić information content (AvgIpc) is 2.61. The van der Waals surface area contributed by atoms with Crippen molar-refractivity contribution in [3.63, 3.8) is 0 Å². The fraction of sp³-hybridized carbons (Fsp3) is 0.875. The molecule has 1 saturated heterocycles. The van der Waals surface area contributed by atoms with Crippen molar-refractivity contribution < 1.29 is 29.2 Å². The summed E-state index contributed by atoms with van der Waals surface area (Å²) in [5.41, 5.74) is -0.492. The van der Waals surface area contributed by atoms with Crippen molar-refractivity contribution in [3.8, 4) is 0 Å². The minimum atomic E-state index is -0.492. The van der Waals surface area contributed by atoms with Gasteiger partial charge in [-0.1, -0.05) is 0 Å². The first-order chi connectivity index (χ1) is 6.18. The van der Waals surface area contributed by atoms with Crippen LogP contribution in [0.15, 0.2) is 3.50 Å². The number of nitrogens with zero attached hydrogens (tertiary/aromatic N) is 1. The van der Waals surface area contributed by atoms with Crippen LogP contribution >= 0.6 is 0 Å². The SMILES string of the molecule is CC[C@@]1(C(=O)OC)C[C@H]([N]=[Pt])CN1. The second kappa shape index (κ2) is 4.43. The summed E-state index contributed by atoms with van der Waals surface area (Å²) >= 11 is 1.98. The summed E-state index contributed by atoms with van der Waals surface area (Å²) < 4.78 is 8.93. The molecule has 0 bridgehead atoms. The van der Waals surface area contributed by atoms with Gasteiger partial charge in [0.1, 0.15) is 0 Å². The Bertz CT molecular complexity index is 222. The van der Waals surface area contributed by atoms with Crippen LogP contribution in [0.2, 0.25) is 0 Å². The first-order valence-electron chi connectivity index (χ1n) is 4.30. The van der Waals surface area contributed by atoms with Gasteiger partial charge in [0.2, 0.25) is 0 Å². The van der Waals surface area contributed by atoms with Crippen LogP contribution in [-0.2, 0) is 29.2 Å². The van der Waals surface area contributed by atoms with Crippen molar-refractivity contribution in [2.24, 2.45) is 3.50 Å². The molecule has 1 rings (SSSR count). The predicted octanol–water partition coefficient (Wildman–Crippen LogP) is 0.400. The van der Waals surface area contributed by atoms with E-state index in [0.717, 1.165) is 19.4 Å². The third-order valence-corrected chi connectivity index (χ3v) is 3.39. The van der Waals surface area contributed by atoms with Crippen molar-refractivity contribution in [2.45, 2.75) is 31.3 Å². The number of nitrogens with one attached hydrogen (secondary N) is 1. The third-order valence-electron chi connectivity index (χ3n) is 2.56. The van der Waals surface area contributed by atoms with E-state index in [9.17, 15) is 4.79 Å². The van der Waals surface area contributed by atoms with Gasteiger partial charge in [-0.25, -0.2) is 0 Å². The molecule has 5 heteroatoms. The molecule has 4 nitrogen and oxygen atoms in total. The van der Waals surface area contributed by atoms with Crippen LogP contribution in [0.25, 0.3) is 0 Å². The number of rotatable bonds is 3. The Morgan fingerprint density at radius 3 is 2.92 bits per heavy atom. The summed E-state index contributed by atoms with van der Waals surface area (Å²) in [6, 6.07) is 0.237. The van der Waals surface area contributed by atoms with Crippen LogP contribution in [0.5, 0.6) is 0 Å². The quantitative estimate of drug-likeness (QED) is 0.737. The van der Waals surface area contributed by atoms with Crippen molar-refractivity contribution >= 4 is 5.97 Å². The Kier molecular flexibility index (Phi) is 3.74. The molecule has 2 atom stereocenters. The zero-order valence-electron chi connectivity index (χ0n) is 7.78. The van der Waals surface area contributed by atoms with Gasteiger partial charge in [0.15, 0.2) is 0 Å². The molecule has 13 heavy (non-hydrogen) atoms. The van der Waals surface area contributed by atoms with Crippen LogP contribution in [0.3, 0.4) is 0 Å². The van der Waals surface area contributed by atoms with E-state index in [1.165, 1.54) is 7.11 Å². The summed E-state index contributed by atoms with van der Waals surface area (Å²) in [7, 11) is 1.43. The molecule has 1 heterocycles. The van der Waals surface area contributed by atoms with Crippen LogP contribution in [0.4, 0.5) is 0 Å². The summed E-state index contributed by atoms with van der Waals surface area (Å²) in [6.45, 7) is 2.76. The van der Waals surface area contributed by atoms with Gasteiger partial charge in [-0.2, -0.15) is 0 Å². The molecule has 0 spiro atoms. The summed E-state index contributed by atoms with van der Waals surface area (Å²) in [4.78, 5) is 11.5. The van der Waals surface area contributed by atoms with E-state index < -0.39 is 5.54 Å². The minimum absolute atomic E-state index is 0.169. The molecule has 1 N–H and O–H groups in total. The fourth-order valence-electron chi connectivity index (χ4n) is 1.68. The Morgan fingerprint density at radius 2 is 2.54 bits per heavy atom. The van der Waals surface area contributed by atoms with Gasteiger partial charge in [-0.05, 0) is 0 Å². The molecule has 0 amide bonds. The number of carbonyl (C=O) groups is 1. The van der Waals surface area contributed by atoms with E-state index in [2.05, 4.69) is 8.81 Å². The van der Waals surface area contributed by atoms with Gasteiger partial charge >= 0.3 is 88.9 Å². The van der Waals surface area contributed by atoms with Crippen molar-refractivity contribution in [1.29, 1.82) is 0 Å². The molecule has 0 radical (unpaired) electrons. The van der Waals surface area contributed by atoms with Gasteiger partial charge in [-0.3, -0.25) is 0 Å². The average molecular weight is 365 g/mol. The van der Waals surface area contributed by atoms with Gasteiger partial charge in [-0.15, -0.1) is 0 Å². The fourth-order valence-corrected chi connectivity index (χ4v) is 2.10. The monoisotopic (exact) mass is 365 g/mol. The van der Waals surface area contributed by atoms with Crippen LogP contribution < -0.4 is 5.32 Å². The summed E-state index contributed by atoms with van der Waals surface area (Å²) in [5.74, 6) is -0.169. The second-order valence-electron chi connectivity index (χ2n) is 3.25. The Balaban J connectivity index is 2.73. The normalized spacial score (nSPS) is 33.1. The number of carbonyl (C=O) groups excluding carboxylic acids is 1. The van der Waals surface area contributed by atoms with E-state index >= 15 is 0 Å². The molecule has 0 aliphatic carbocycles. The van der Waals surface area contributed by atoms with E-state index in [4.69, 9.17) is 4.74 Å². The topological polar surface area (TPSA) is 50.7 Å². The molecule has 0 aromatic heterocycles. The Labute approximate surface area is 89.2 Å². The van der Waals surface area contributed by atoms with Crippen molar-refractivity contribution in [2.75, 3.05) is 13.7 Å². The first-order valence-corrected chi connectivity index (χ1v) is 5.32. The van der Waals surface area contributed by atoms with Gasteiger partial charge in [0.25, 0.3) is 0 Å². The number of ether oxygens (including phenoxy) is 1. The molecule has 78 valence electrons. The molecule has 0 saturated carbocycles. The van der Waals surface area contributed by atoms with Gasteiger partial charge in [0.05, 0.1) is 0 Å². The van der Waals surface area contributed by atoms with E-state index in [1.807, 2.05) is 26.6 Å². The van der Waals surface area contributed by atoms with Crippen molar-refractivity contribution in [3.05, 3.63) is 0 Å². The number of esters is 1. The molecular weight excluding hydrogens is 351 g/mol. The zero-order valence-corrected chi connectivity index (χ0v) is 10.1. The molecule has 1 aliphatic heterocycles. The Hall–Kier alpha value is -0.0817. The van der Waals surface area contributed by atoms with E-state index in [0.29, 0.717) is 0 Å². The maximum absolute atomic E-state index is 11.5. The second-order valence-corrected chi connectivity index (χ2v) is 3.83. The van der Waals surface area contributed by atoms with Crippen LogP contribution in [0.1, 0.15) is 19.8 Å². The third kappa shape index (κ3) is 2.05. The molecule has 1 fully saturated rings. The summed E-state index contributed by atoms with van der Waals surface area (Å²) in [6.07, 6.45) is 1.50. The van der Waals surface area contributed by atoms with Gasteiger partial charge < -0.3 is 0 Å². The van der Waals surface area contributed by atoms with E-state index in [-0.39, 0.29) is 12.0 Å².